The van der Waals surface area contributed by atoms with Crippen molar-refractivity contribution in [1.82, 2.24) is 10.2 Å². The molecule has 1 fully saturated rings. The number of hydrogen-bond donors (Lipinski definition) is 2. The maximum absolute atomic E-state index is 13.9. The summed E-state index contributed by atoms with van der Waals surface area (Å²) in [6, 6.07) is 10.5. The number of imide groups is 1. The summed E-state index contributed by atoms with van der Waals surface area (Å²) in [5, 5.41) is 5.09. The SMILES string of the molecule is O=C(CN1C(=O)NC2(CCOc3ccccc32)C1=O)Nc1ccc(Br)cc1F. The molecule has 1 unspecified atom stereocenters. The second-order valence-corrected chi connectivity index (χ2v) is 7.41. The lowest BCUT2D eigenvalue weighted by molar-refractivity contribution is -0.135. The number of para-hydroxylation sites is 1. The zero-order valence-corrected chi connectivity index (χ0v) is 16.1. The summed E-state index contributed by atoms with van der Waals surface area (Å²) < 4.78 is 20.0. The highest BCUT2D eigenvalue weighted by molar-refractivity contribution is 9.10. The van der Waals surface area contributed by atoms with Crippen LogP contribution in [-0.4, -0.2) is 35.9 Å². The van der Waals surface area contributed by atoms with Crippen LogP contribution in [0.4, 0.5) is 14.9 Å². The van der Waals surface area contributed by atoms with E-state index in [4.69, 9.17) is 4.74 Å². The molecule has 4 amide bonds. The summed E-state index contributed by atoms with van der Waals surface area (Å²) in [5.41, 5.74) is -0.734. The van der Waals surface area contributed by atoms with Crippen LogP contribution < -0.4 is 15.4 Å². The molecule has 28 heavy (non-hydrogen) atoms. The van der Waals surface area contributed by atoms with Crippen molar-refractivity contribution >= 4 is 39.5 Å². The van der Waals surface area contributed by atoms with Crippen molar-refractivity contribution in [3.8, 4) is 5.75 Å². The topological polar surface area (TPSA) is 87.7 Å². The normalized spacial score (nSPS) is 20.6. The highest BCUT2D eigenvalue weighted by Gasteiger charge is 2.55. The average molecular weight is 448 g/mol. The van der Waals surface area contributed by atoms with Gasteiger partial charge in [-0.2, -0.15) is 0 Å². The van der Waals surface area contributed by atoms with Gasteiger partial charge in [0.05, 0.1) is 12.3 Å². The summed E-state index contributed by atoms with van der Waals surface area (Å²) in [5.74, 6) is -1.32. The van der Waals surface area contributed by atoms with Gasteiger partial charge in [0.25, 0.3) is 5.91 Å². The zero-order valence-electron chi connectivity index (χ0n) is 14.5. The Morgan fingerprint density at radius 3 is 2.86 bits per heavy atom. The molecule has 2 aliphatic heterocycles. The monoisotopic (exact) mass is 447 g/mol. The number of benzene rings is 2. The summed E-state index contributed by atoms with van der Waals surface area (Å²) in [4.78, 5) is 38.7. The molecule has 9 heteroatoms. The molecular weight excluding hydrogens is 433 g/mol. The Labute approximate surface area is 168 Å². The largest absolute Gasteiger partial charge is 0.493 e. The third kappa shape index (κ3) is 3.01. The van der Waals surface area contributed by atoms with Crippen molar-refractivity contribution in [2.45, 2.75) is 12.0 Å². The molecule has 0 bridgehead atoms. The number of urea groups is 1. The first-order chi connectivity index (χ1) is 13.4. The van der Waals surface area contributed by atoms with Gasteiger partial charge in [-0.3, -0.25) is 14.5 Å². The van der Waals surface area contributed by atoms with Crippen LogP contribution in [-0.2, 0) is 15.1 Å². The number of nitrogens with one attached hydrogen (secondary N) is 2. The van der Waals surface area contributed by atoms with Gasteiger partial charge in [-0.05, 0) is 24.3 Å². The Hall–Kier alpha value is -2.94. The van der Waals surface area contributed by atoms with Crippen molar-refractivity contribution in [3.63, 3.8) is 0 Å². The minimum Gasteiger partial charge on any atom is -0.493 e. The molecule has 2 aromatic carbocycles. The van der Waals surface area contributed by atoms with E-state index in [-0.39, 0.29) is 18.7 Å². The molecule has 1 spiro atoms. The smallest absolute Gasteiger partial charge is 0.325 e. The third-order valence-corrected chi connectivity index (χ3v) is 5.26. The van der Waals surface area contributed by atoms with E-state index >= 15 is 0 Å². The Morgan fingerprint density at radius 2 is 2.07 bits per heavy atom. The van der Waals surface area contributed by atoms with E-state index in [9.17, 15) is 18.8 Å². The molecule has 0 aromatic heterocycles. The fourth-order valence-corrected chi connectivity index (χ4v) is 3.77. The van der Waals surface area contributed by atoms with Gasteiger partial charge in [-0.25, -0.2) is 9.18 Å². The van der Waals surface area contributed by atoms with Crippen LogP contribution in [0.25, 0.3) is 0 Å². The molecule has 1 saturated heterocycles. The van der Waals surface area contributed by atoms with E-state index < -0.39 is 35.7 Å². The number of fused-ring (bicyclic) bond motifs is 2. The van der Waals surface area contributed by atoms with Crippen molar-refractivity contribution in [1.29, 1.82) is 0 Å². The van der Waals surface area contributed by atoms with E-state index in [2.05, 4.69) is 26.6 Å². The minimum atomic E-state index is -1.25. The molecule has 2 aliphatic rings. The van der Waals surface area contributed by atoms with Gasteiger partial charge < -0.3 is 15.4 Å². The maximum Gasteiger partial charge on any atom is 0.325 e. The van der Waals surface area contributed by atoms with Gasteiger partial charge >= 0.3 is 6.03 Å². The number of ether oxygens (including phenoxy) is 1. The van der Waals surface area contributed by atoms with Gasteiger partial charge in [0.1, 0.15) is 18.1 Å². The van der Waals surface area contributed by atoms with Gasteiger partial charge in [-0.15, -0.1) is 0 Å². The molecule has 0 radical (unpaired) electrons. The lowest BCUT2D eigenvalue weighted by Crippen LogP contribution is -2.48. The van der Waals surface area contributed by atoms with E-state index in [1.807, 2.05) is 0 Å². The first kappa shape index (κ1) is 18.4. The first-order valence-electron chi connectivity index (χ1n) is 8.52. The average Bonchev–Trinajstić information content (AvgIpc) is 2.89. The molecule has 1 atom stereocenters. The number of hydrogen-bond acceptors (Lipinski definition) is 4. The Bertz CT molecular complexity index is 999. The number of carbonyl (C=O) groups is 3. The Balaban J connectivity index is 1.55. The number of halogens is 2. The first-order valence-corrected chi connectivity index (χ1v) is 9.31. The van der Waals surface area contributed by atoms with Crippen molar-refractivity contribution in [2.75, 3.05) is 18.5 Å². The number of carbonyl (C=O) groups excluding carboxylic acids is 3. The van der Waals surface area contributed by atoms with Crippen LogP contribution in [0.2, 0.25) is 0 Å². The van der Waals surface area contributed by atoms with Crippen molar-refractivity contribution < 1.29 is 23.5 Å². The molecule has 0 saturated carbocycles. The second-order valence-electron chi connectivity index (χ2n) is 6.49. The quantitative estimate of drug-likeness (QED) is 0.708. The predicted octanol–water partition coefficient (Wildman–Crippen LogP) is 2.76. The third-order valence-electron chi connectivity index (χ3n) is 4.76. The molecule has 2 heterocycles. The molecule has 144 valence electrons. The fraction of sp³-hybridized carbons (Fsp3) is 0.211. The lowest BCUT2D eigenvalue weighted by Gasteiger charge is -2.33. The maximum atomic E-state index is 13.9. The van der Waals surface area contributed by atoms with Crippen LogP contribution >= 0.6 is 15.9 Å². The minimum absolute atomic E-state index is 0.0358. The van der Waals surface area contributed by atoms with Gasteiger partial charge in [0.15, 0.2) is 5.54 Å². The predicted molar refractivity (Wildman–Crippen MR) is 101 cm³/mol. The van der Waals surface area contributed by atoms with Crippen molar-refractivity contribution in [2.24, 2.45) is 0 Å². The van der Waals surface area contributed by atoms with Crippen LogP contribution in [0.3, 0.4) is 0 Å². The summed E-state index contributed by atoms with van der Waals surface area (Å²) >= 11 is 3.13. The summed E-state index contributed by atoms with van der Waals surface area (Å²) in [7, 11) is 0. The van der Waals surface area contributed by atoms with Gasteiger partial charge in [-0.1, -0.05) is 34.1 Å². The van der Waals surface area contributed by atoms with Crippen LogP contribution in [0.15, 0.2) is 46.9 Å². The molecule has 0 aliphatic carbocycles. The van der Waals surface area contributed by atoms with Crippen molar-refractivity contribution in [3.05, 3.63) is 58.3 Å². The second kappa shape index (κ2) is 6.90. The fourth-order valence-electron chi connectivity index (χ4n) is 3.44. The number of anilines is 1. The van der Waals surface area contributed by atoms with E-state index in [1.54, 1.807) is 30.3 Å². The van der Waals surface area contributed by atoms with Crippen LogP contribution in [0.5, 0.6) is 5.75 Å². The Morgan fingerprint density at radius 1 is 1.29 bits per heavy atom. The number of amides is 4. The molecule has 7 nitrogen and oxygen atoms in total. The van der Waals surface area contributed by atoms with Gasteiger partial charge in [0, 0.05) is 16.5 Å². The standard InChI is InChI=1S/C19H15BrFN3O4/c20-11-5-6-14(13(21)9-11)22-16(25)10-24-17(26)19(23-18(24)27)7-8-28-15-4-2-1-3-12(15)19/h1-6,9H,7-8,10H2,(H,22,25)(H,23,27). The van der Waals surface area contributed by atoms with Crippen LogP contribution in [0.1, 0.15) is 12.0 Å². The number of rotatable bonds is 3. The zero-order chi connectivity index (χ0) is 19.9. The highest BCUT2D eigenvalue weighted by Crippen LogP contribution is 2.40. The highest BCUT2D eigenvalue weighted by atomic mass is 79.9. The van der Waals surface area contributed by atoms with E-state index in [0.29, 0.717) is 15.8 Å². The lowest BCUT2D eigenvalue weighted by atomic mass is 9.84. The van der Waals surface area contributed by atoms with E-state index in [0.717, 1.165) is 4.90 Å². The summed E-state index contributed by atoms with van der Waals surface area (Å²) in [6.07, 6.45) is 0.258. The molecule has 4 rings (SSSR count). The Kier molecular flexibility index (Phi) is 4.54. The number of nitrogens with zero attached hydrogens (tertiary/aromatic N) is 1. The van der Waals surface area contributed by atoms with E-state index in [1.165, 1.54) is 12.1 Å². The van der Waals surface area contributed by atoms with Crippen LogP contribution in [0, 0.1) is 5.82 Å². The molecular formula is C19H15BrFN3O4. The molecule has 2 N–H and O–H groups in total. The van der Waals surface area contributed by atoms with Gasteiger partial charge in [0.2, 0.25) is 5.91 Å². The summed E-state index contributed by atoms with van der Waals surface area (Å²) in [6.45, 7) is -0.266. The molecule has 2 aromatic rings.